The molecule has 0 aliphatic carbocycles. The summed E-state index contributed by atoms with van der Waals surface area (Å²) >= 11 is 0. The van der Waals surface area contributed by atoms with Crippen LogP contribution in [0.25, 0.3) is 10.9 Å². The molecule has 3 heterocycles. The number of fused-ring (bicyclic) bond motifs is 4. The largest absolute Gasteiger partial charge is 0.356 e. The van der Waals surface area contributed by atoms with Crippen LogP contribution >= 0.6 is 0 Å². The normalized spacial score (nSPS) is 17.7. The predicted molar refractivity (Wildman–Crippen MR) is 172 cm³/mol. The molecule has 2 N–H and O–H groups in total. The van der Waals surface area contributed by atoms with E-state index < -0.39 is 18.1 Å². The van der Waals surface area contributed by atoms with Crippen molar-refractivity contribution < 1.29 is 14.4 Å². The van der Waals surface area contributed by atoms with E-state index in [-0.39, 0.29) is 11.8 Å². The van der Waals surface area contributed by atoms with E-state index >= 15 is 0 Å². The number of para-hydroxylation sites is 2. The minimum atomic E-state index is -0.696. The molecule has 4 aromatic carbocycles. The van der Waals surface area contributed by atoms with Gasteiger partial charge < -0.3 is 10.3 Å². The first-order valence-corrected chi connectivity index (χ1v) is 15.2. The fourth-order valence-corrected chi connectivity index (χ4v) is 6.63. The number of hydrogen-bond acceptors (Lipinski definition) is 3. The zero-order chi connectivity index (χ0) is 30.4. The summed E-state index contributed by atoms with van der Waals surface area (Å²) in [6.45, 7) is 4.73. The summed E-state index contributed by atoms with van der Waals surface area (Å²) < 4.78 is 0. The molecular weight excluding hydrogens is 548 g/mol. The van der Waals surface area contributed by atoms with E-state index in [4.69, 9.17) is 0 Å². The first-order chi connectivity index (χ1) is 21.4. The molecule has 2 atom stereocenters. The van der Waals surface area contributed by atoms with Gasteiger partial charge in [-0.3, -0.25) is 14.5 Å². The molecule has 7 heteroatoms. The highest BCUT2D eigenvalue weighted by atomic mass is 16.2. The van der Waals surface area contributed by atoms with Crippen LogP contribution in [0.15, 0.2) is 103 Å². The highest BCUT2D eigenvalue weighted by Gasteiger charge is 2.53. The third-order valence-corrected chi connectivity index (χ3v) is 8.90. The first kappa shape index (κ1) is 27.7. The number of imide groups is 1. The van der Waals surface area contributed by atoms with Crippen LogP contribution in [-0.2, 0) is 17.6 Å². The zero-order valence-electron chi connectivity index (χ0n) is 24.8. The van der Waals surface area contributed by atoms with Crippen molar-refractivity contribution in [3.8, 4) is 0 Å². The average Bonchev–Trinajstić information content (AvgIpc) is 3.54. The standard InChI is InChI=1S/C37H34N4O3/c1-23(2)25-16-18-26(19-17-25)34-33-29(27-12-6-8-14-30(27)39-33)22-32-36(43)41(37(44)40(32)34)31-15-9-7-13-28(31)35(42)38-21-20-24-10-4-3-5-11-24/h3-19,23,32,34,39H,20-22H2,1-2H3,(H,38,42)/t32-,34?/m0/s1. The van der Waals surface area contributed by atoms with E-state index in [0.29, 0.717) is 36.6 Å². The smallest absolute Gasteiger partial charge is 0.332 e. The van der Waals surface area contributed by atoms with Gasteiger partial charge in [-0.1, -0.05) is 98.8 Å². The maximum Gasteiger partial charge on any atom is 0.332 e. The number of anilines is 1. The van der Waals surface area contributed by atoms with Gasteiger partial charge in [-0.15, -0.1) is 0 Å². The Hall–Kier alpha value is -5.17. The van der Waals surface area contributed by atoms with Crippen molar-refractivity contribution in [1.82, 2.24) is 15.2 Å². The number of H-pyrrole nitrogens is 1. The average molecular weight is 583 g/mol. The molecule has 2 aliphatic rings. The van der Waals surface area contributed by atoms with Gasteiger partial charge in [0.1, 0.15) is 12.1 Å². The Morgan fingerprint density at radius 2 is 1.59 bits per heavy atom. The molecule has 1 saturated heterocycles. The van der Waals surface area contributed by atoms with Gasteiger partial charge in [-0.05, 0) is 52.8 Å². The second-order valence-electron chi connectivity index (χ2n) is 11.9. The first-order valence-electron chi connectivity index (χ1n) is 15.2. The lowest BCUT2D eigenvalue weighted by Crippen LogP contribution is -2.44. The summed E-state index contributed by atoms with van der Waals surface area (Å²) in [5, 5.41) is 4.03. The summed E-state index contributed by atoms with van der Waals surface area (Å²) in [6, 6.07) is 31.6. The van der Waals surface area contributed by atoms with Crippen LogP contribution in [0.4, 0.5) is 10.5 Å². The van der Waals surface area contributed by atoms with E-state index in [1.807, 2.05) is 48.5 Å². The molecule has 5 aromatic rings. The number of benzene rings is 4. The van der Waals surface area contributed by atoms with Crippen LogP contribution in [-0.4, -0.2) is 40.3 Å². The van der Waals surface area contributed by atoms with Crippen molar-refractivity contribution in [2.24, 2.45) is 0 Å². The Morgan fingerprint density at radius 3 is 2.36 bits per heavy atom. The van der Waals surface area contributed by atoms with Crippen molar-refractivity contribution in [3.63, 3.8) is 0 Å². The zero-order valence-corrected chi connectivity index (χ0v) is 24.8. The number of amides is 4. The molecule has 0 spiro atoms. The van der Waals surface area contributed by atoms with Gasteiger partial charge in [0.05, 0.1) is 11.3 Å². The van der Waals surface area contributed by atoms with Crippen molar-refractivity contribution in [3.05, 3.63) is 137 Å². The lowest BCUT2D eigenvalue weighted by Gasteiger charge is -2.36. The van der Waals surface area contributed by atoms with Gasteiger partial charge in [-0.2, -0.15) is 0 Å². The Bertz CT molecular complexity index is 1880. The van der Waals surface area contributed by atoms with Crippen molar-refractivity contribution in [2.75, 3.05) is 11.4 Å². The number of nitrogens with zero attached hydrogens (tertiary/aromatic N) is 2. The minimum Gasteiger partial charge on any atom is -0.356 e. The van der Waals surface area contributed by atoms with E-state index in [1.165, 1.54) is 10.5 Å². The van der Waals surface area contributed by atoms with Gasteiger partial charge in [0.15, 0.2) is 0 Å². The quantitative estimate of drug-likeness (QED) is 0.208. The second kappa shape index (κ2) is 11.2. The van der Waals surface area contributed by atoms with Gasteiger partial charge in [0.2, 0.25) is 0 Å². The number of carbonyl (C=O) groups is 3. The lowest BCUT2D eigenvalue weighted by atomic mass is 9.88. The van der Waals surface area contributed by atoms with Crippen molar-refractivity contribution in [2.45, 2.75) is 44.7 Å². The van der Waals surface area contributed by atoms with Crippen molar-refractivity contribution >= 4 is 34.4 Å². The monoisotopic (exact) mass is 582 g/mol. The van der Waals surface area contributed by atoms with Crippen LogP contribution in [0, 0.1) is 0 Å². The molecule has 1 aromatic heterocycles. The number of aromatic nitrogens is 1. The Morgan fingerprint density at radius 1 is 0.886 bits per heavy atom. The van der Waals surface area contributed by atoms with Crippen LogP contribution in [0.3, 0.4) is 0 Å². The summed E-state index contributed by atoms with van der Waals surface area (Å²) in [5.41, 5.74) is 6.81. The van der Waals surface area contributed by atoms with E-state index in [0.717, 1.165) is 33.3 Å². The van der Waals surface area contributed by atoms with Gasteiger partial charge in [-0.25, -0.2) is 9.69 Å². The number of urea groups is 1. The van der Waals surface area contributed by atoms with Crippen LogP contribution in [0.5, 0.6) is 0 Å². The van der Waals surface area contributed by atoms with E-state index in [1.54, 1.807) is 29.2 Å². The van der Waals surface area contributed by atoms with Gasteiger partial charge in [0, 0.05) is 29.6 Å². The molecule has 1 unspecified atom stereocenters. The SMILES string of the molecule is CC(C)c1ccc(C2c3[nH]c4ccccc4c3C[C@H]3C(=O)N(c4ccccc4C(=O)NCCc4ccccc4)C(=O)N23)cc1. The van der Waals surface area contributed by atoms with E-state index in [9.17, 15) is 14.4 Å². The molecule has 4 amide bonds. The number of carbonyl (C=O) groups excluding carboxylic acids is 3. The van der Waals surface area contributed by atoms with Crippen molar-refractivity contribution in [1.29, 1.82) is 0 Å². The number of rotatable bonds is 7. The molecule has 1 fully saturated rings. The Labute approximate surface area is 256 Å². The molecule has 44 heavy (non-hydrogen) atoms. The number of nitrogens with one attached hydrogen (secondary N) is 2. The lowest BCUT2D eigenvalue weighted by molar-refractivity contribution is -0.120. The highest BCUT2D eigenvalue weighted by Crippen LogP contribution is 2.45. The molecule has 0 bridgehead atoms. The van der Waals surface area contributed by atoms with Gasteiger partial charge in [0.25, 0.3) is 11.8 Å². The fraction of sp³-hybridized carbons (Fsp3) is 0.216. The second-order valence-corrected chi connectivity index (χ2v) is 11.9. The summed E-state index contributed by atoms with van der Waals surface area (Å²) in [7, 11) is 0. The molecule has 0 saturated carbocycles. The molecule has 7 nitrogen and oxygen atoms in total. The third kappa shape index (κ3) is 4.65. The Balaban J connectivity index is 1.25. The Kier molecular flexibility index (Phi) is 7.01. The summed E-state index contributed by atoms with van der Waals surface area (Å²) in [6.07, 6.45) is 1.07. The van der Waals surface area contributed by atoms with Crippen LogP contribution in [0.2, 0.25) is 0 Å². The molecule has 2 aliphatic heterocycles. The molecule has 7 rings (SSSR count). The third-order valence-electron chi connectivity index (χ3n) is 8.90. The number of aromatic amines is 1. The molecular formula is C37H34N4O3. The van der Waals surface area contributed by atoms with Crippen LogP contribution < -0.4 is 10.2 Å². The topological polar surface area (TPSA) is 85.5 Å². The highest BCUT2D eigenvalue weighted by molar-refractivity contribution is 6.24. The predicted octanol–water partition coefficient (Wildman–Crippen LogP) is 6.75. The number of hydrogen-bond donors (Lipinski definition) is 2. The molecule has 220 valence electrons. The van der Waals surface area contributed by atoms with Gasteiger partial charge >= 0.3 is 6.03 Å². The molecule has 0 radical (unpaired) electrons. The fourth-order valence-electron chi connectivity index (χ4n) is 6.63. The minimum absolute atomic E-state index is 0.295. The maximum absolute atomic E-state index is 14.4. The summed E-state index contributed by atoms with van der Waals surface area (Å²) in [5.74, 6) is -0.272. The van der Waals surface area contributed by atoms with Crippen LogP contribution in [0.1, 0.15) is 64.1 Å². The van der Waals surface area contributed by atoms with E-state index in [2.05, 4.69) is 54.5 Å². The maximum atomic E-state index is 14.4. The summed E-state index contributed by atoms with van der Waals surface area (Å²) in [4.78, 5) is 48.5.